The largest absolute Gasteiger partial charge is 0.339 e. The number of hydrogen-bond donors (Lipinski definition) is 1. The molecule has 21 heavy (non-hydrogen) atoms. The van der Waals surface area contributed by atoms with Crippen LogP contribution in [0.25, 0.3) is 0 Å². The van der Waals surface area contributed by atoms with Crippen molar-refractivity contribution in [2.24, 2.45) is 5.92 Å². The summed E-state index contributed by atoms with van der Waals surface area (Å²) in [4.78, 5) is 14.2. The predicted molar refractivity (Wildman–Crippen MR) is 83.8 cm³/mol. The van der Waals surface area contributed by atoms with E-state index in [2.05, 4.69) is 21.2 Å². The van der Waals surface area contributed by atoms with E-state index in [0.717, 1.165) is 38.4 Å². The number of halogens is 2. The molecule has 1 saturated carbocycles. The molecule has 1 aliphatic carbocycles. The van der Waals surface area contributed by atoms with Gasteiger partial charge in [-0.2, -0.15) is 0 Å². The van der Waals surface area contributed by atoms with Crippen LogP contribution < -0.4 is 5.32 Å². The standard InChI is InChI=1S/C16H20BrFN2O/c17-13-7-12(8-14(18)9-13)16(21)20-5-3-15(4-6-20)19-10-11-1-2-11/h7-9,11,15,19H,1-6,10H2. The number of rotatable bonds is 4. The lowest BCUT2D eigenvalue weighted by atomic mass is 10.0. The summed E-state index contributed by atoms with van der Waals surface area (Å²) in [7, 11) is 0. The van der Waals surface area contributed by atoms with Crippen molar-refractivity contribution in [3.05, 3.63) is 34.1 Å². The number of benzene rings is 1. The average Bonchev–Trinajstić information content (AvgIpc) is 3.28. The second-order valence-electron chi connectivity index (χ2n) is 6.08. The molecule has 0 spiro atoms. The van der Waals surface area contributed by atoms with Crippen LogP contribution in [-0.4, -0.2) is 36.5 Å². The second-order valence-corrected chi connectivity index (χ2v) is 6.99. The highest BCUT2D eigenvalue weighted by Crippen LogP contribution is 2.28. The maximum atomic E-state index is 13.4. The van der Waals surface area contributed by atoms with Crippen LogP contribution >= 0.6 is 15.9 Å². The molecule has 1 N–H and O–H groups in total. The van der Waals surface area contributed by atoms with Crippen LogP contribution in [0.2, 0.25) is 0 Å². The molecule has 1 saturated heterocycles. The van der Waals surface area contributed by atoms with E-state index in [-0.39, 0.29) is 11.7 Å². The Balaban J connectivity index is 1.54. The molecule has 1 aliphatic heterocycles. The van der Waals surface area contributed by atoms with Crippen molar-refractivity contribution in [3.63, 3.8) is 0 Å². The van der Waals surface area contributed by atoms with Gasteiger partial charge in [-0.15, -0.1) is 0 Å². The Morgan fingerprint density at radius 3 is 2.57 bits per heavy atom. The van der Waals surface area contributed by atoms with Crippen molar-refractivity contribution >= 4 is 21.8 Å². The quantitative estimate of drug-likeness (QED) is 0.900. The van der Waals surface area contributed by atoms with Crippen LogP contribution in [0.5, 0.6) is 0 Å². The van der Waals surface area contributed by atoms with Crippen LogP contribution in [0.3, 0.4) is 0 Å². The van der Waals surface area contributed by atoms with Crippen molar-refractivity contribution in [2.45, 2.75) is 31.7 Å². The number of nitrogens with one attached hydrogen (secondary N) is 1. The molecule has 3 nitrogen and oxygen atoms in total. The first-order chi connectivity index (χ1) is 10.1. The van der Waals surface area contributed by atoms with Gasteiger partial charge in [-0.05, 0) is 56.3 Å². The first-order valence-electron chi connectivity index (χ1n) is 7.60. The molecule has 0 atom stereocenters. The van der Waals surface area contributed by atoms with E-state index in [4.69, 9.17) is 0 Å². The van der Waals surface area contributed by atoms with E-state index in [0.29, 0.717) is 16.1 Å². The zero-order valence-corrected chi connectivity index (χ0v) is 13.5. The number of carbonyl (C=O) groups excluding carboxylic acids is 1. The molecule has 3 rings (SSSR count). The molecule has 1 heterocycles. The lowest BCUT2D eigenvalue weighted by Gasteiger charge is -2.32. The topological polar surface area (TPSA) is 32.3 Å². The summed E-state index contributed by atoms with van der Waals surface area (Å²) in [5.41, 5.74) is 0.422. The molecule has 0 radical (unpaired) electrons. The number of piperidine rings is 1. The van der Waals surface area contributed by atoms with Crippen molar-refractivity contribution in [1.29, 1.82) is 0 Å². The molecular formula is C16H20BrFN2O. The van der Waals surface area contributed by atoms with Gasteiger partial charge in [0, 0.05) is 29.2 Å². The van der Waals surface area contributed by atoms with Crippen LogP contribution in [0, 0.1) is 11.7 Å². The Labute approximate surface area is 133 Å². The molecule has 0 bridgehead atoms. The molecule has 1 aromatic carbocycles. The van der Waals surface area contributed by atoms with E-state index in [9.17, 15) is 9.18 Å². The van der Waals surface area contributed by atoms with Gasteiger partial charge < -0.3 is 10.2 Å². The Morgan fingerprint density at radius 2 is 1.95 bits per heavy atom. The fourth-order valence-corrected chi connectivity index (χ4v) is 3.27. The molecule has 2 fully saturated rings. The zero-order valence-electron chi connectivity index (χ0n) is 11.9. The first-order valence-corrected chi connectivity index (χ1v) is 8.40. The highest BCUT2D eigenvalue weighted by atomic mass is 79.9. The van der Waals surface area contributed by atoms with Gasteiger partial charge in [-0.1, -0.05) is 15.9 Å². The Kier molecular flexibility index (Phi) is 4.60. The van der Waals surface area contributed by atoms with Gasteiger partial charge in [0.05, 0.1) is 0 Å². The molecule has 1 aromatic rings. The Bertz CT molecular complexity index is 505. The van der Waals surface area contributed by atoms with Gasteiger partial charge in [-0.25, -0.2) is 4.39 Å². The predicted octanol–water partition coefficient (Wildman–Crippen LogP) is 3.19. The summed E-state index contributed by atoms with van der Waals surface area (Å²) in [6, 6.07) is 4.88. The number of amides is 1. The van der Waals surface area contributed by atoms with E-state index in [1.54, 1.807) is 6.07 Å². The fraction of sp³-hybridized carbons (Fsp3) is 0.562. The second kappa shape index (κ2) is 6.44. The Morgan fingerprint density at radius 1 is 1.24 bits per heavy atom. The SMILES string of the molecule is O=C(c1cc(F)cc(Br)c1)N1CCC(NCC2CC2)CC1. The minimum absolute atomic E-state index is 0.0733. The number of likely N-dealkylation sites (tertiary alicyclic amines) is 1. The number of nitrogens with zero attached hydrogens (tertiary/aromatic N) is 1. The molecule has 2 aliphatic rings. The Hall–Kier alpha value is -0.940. The van der Waals surface area contributed by atoms with E-state index < -0.39 is 0 Å². The average molecular weight is 355 g/mol. The molecular weight excluding hydrogens is 335 g/mol. The third-order valence-electron chi connectivity index (χ3n) is 4.28. The molecule has 0 unspecified atom stereocenters. The van der Waals surface area contributed by atoms with Gasteiger partial charge in [0.15, 0.2) is 0 Å². The monoisotopic (exact) mass is 354 g/mol. The minimum atomic E-state index is -0.381. The summed E-state index contributed by atoms with van der Waals surface area (Å²) in [6.07, 6.45) is 4.68. The lowest BCUT2D eigenvalue weighted by molar-refractivity contribution is 0.0704. The van der Waals surface area contributed by atoms with Gasteiger partial charge in [0.2, 0.25) is 0 Å². The summed E-state index contributed by atoms with van der Waals surface area (Å²) >= 11 is 3.23. The van der Waals surface area contributed by atoms with Gasteiger partial charge >= 0.3 is 0 Å². The highest BCUT2D eigenvalue weighted by Gasteiger charge is 2.26. The summed E-state index contributed by atoms with van der Waals surface area (Å²) in [6.45, 7) is 2.61. The third-order valence-corrected chi connectivity index (χ3v) is 4.74. The summed E-state index contributed by atoms with van der Waals surface area (Å²) in [5, 5.41) is 3.60. The van der Waals surface area contributed by atoms with Crippen LogP contribution in [0.15, 0.2) is 22.7 Å². The lowest BCUT2D eigenvalue weighted by Crippen LogP contribution is -2.45. The van der Waals surface area contributed by atoms with Crippen molar-refractivity contribution in [3.8, 4) is 0 Å². The van der Waals surface area contributed by atoms with Gasteiger partial charge in [0.1, 0.15) is 5.82 Å². The fourth-order valence-electron chi connectivity index (χ4n) is 2.80. The molecule has 114 valence electrons. The van der Waals surface area contributed by atoms with Gasteiger partial charge in [-0.3, -0.25) is 4.79 Å². The summed E-state index contributed by atoms with van der Waals surface area (Å²) in [5.74, 6) is 0.429. The zero-order chi connectivity index (χ0) is 14.8. The number of hydrogen-bond acceptors (Lipinski definition) is 2. The van der Waals surface area contributed by atoms with Crippen molar-refractivity contribution in [1.82, 2.24) is 10.2 Å². The van der Waals surface area contributed by atoms with E-state index in [1.165, 1.54) is 25.0 Å². The van der Waals surface area contributed by atoms with Crippen LogP contribution in [-0.2, 0) is 0 Å². The summed E-state index contributed by atoms with van der Waals surface area (Å²) < 4.78 is 14.0. The highest BCUT2D eigenvalue weighted by molar-refractivity contribution is 9.10. The van der Waals surface area contributed by atoms with Crippen molar-refractivity contribution < 1.29 is 9.18 Å². The maximum Gasteiger partial charge on any atom is 0.253 e. The minimum Gasteiger partial charge on any atom is -0.339 e. The van der Waals surface area contributed by atoms with Crippen LogP contribution in [0.4, 0.5) is 4.39 Å². The molecule has 5 heteroatoms. The molecule has 1 amide bonds. The third kappa shape index (κ3) is 4.04. The van der Waals surface area contributed by atoms with Crippen LogP contribution in [0.1, 0.15) is 36.0 Å². The molecule has 0 aromatic heterocycles. The first kappa shape index (κ1) is 15.0. The number of carbonyl (C=O) groups is 1. The van der Waals surface area contributed by atoms with Crippen molar-refractivity contribution in [2.75, 3.05) is 19.6 Å². The van der Waals surface area contributed by atoms with Gasteiger partial charge in [0.25, 0.3) is 5.91 Å². The normalized spacial score (nSPS) is 19.8. The maximum absolute atomic E-state index is 13.4. The van der Waals surface area contributed by atoms with E-state index >= 15 is 0 Å². The van der Waals surface area contributed by atoms with E-state index in [1.807, 2.05) is 4.90 Å². The smallest absolute Gasteiger partial charge is 0.253 e.